The van der Waals surface area contributed by atoms with Crippen LogP contribution >= 0.6 is 11.3 Å². The molecule has 3 aromatic rings. The van der Waals surface area contributed by atoms with Gasteiger partial charge in [-0.15, -0.1) is 11.3 Å². The first-order valence-corrected chi connectivity index (χ1v) is 8.45. The second-order valence-corrected chi connectivity index (χ2v) is 6.65. The highest BCUT2D eigenvalue weighted by Crippen LogP contribution is 2.30. The zero-order valence-corrected chi connectivity index (χ0v) is 14.4. The number of nitrogens with zero attached hydrogens (tertiary/aromatic N) is 1. The molecule has 1 N–H and O–H groups in total. The molecule has 0 bridgehead atoms. The molecule has 0 radical (unpaired) electrons. The standard InChI is InChI=1S/C19H18N2O2S/c1-13-7-6-10-16(11-13)23-12-17(22)20-19-21-18(14(2)24-19)15-8-4-3-5-9-15/h3-11H,12H2,1-2H3,(H,20,21,22). The lowest BCUT2D eigenvalue weighted by Gasteiger charge is -2.06. The minimum atomic E-state index is -0.218. The van der Waals surface area contributed by atoms with Crippen molar-refractivity contribution in [2.75, 3.05) is 11.9 Å². The van der Waals surface area contributed by atoms with E-state index in [0.29, 0.717) is 10.9 Å². The van der Waals surface area contributed by atoms with Gasteiger partial charge in [0.1, 0.15) is 5.75 Å². The summed E-state index contributed by atoms with van der Waals surface area (Å²) in [5.41, 5.74) is 3.04. The molecule has 0 spiro atoms. The fraction of sp³-hybridized carbons (Fsp3) is 0.158. The van der Waals surface area contributed by atoms with Crippen molar-refractivity contribution in [2.45, 2.75) is 13.8 Å². The van der Waals surface area contributed by atoms with Gasteiger partial charge in [-0.3, -0.25) is 10.1 Å². The van der Waals surface area contributed by atoms with Crippen molar-refractivity contribution in [3.8, 4) is 17.0 Å². The summed E-state index contributed by atoms with van der Waals surface area (Å²) >= 11 is 1.46. The topological polar surface area (TPSA) is 51.2 Å². The van der Waals surface area contributed by atoms with Crippen molar-refractivity contribution >= 4 is 22.4 Å². The molecule has 24 heavy (non-hydrogen) atoms. The number of hydrogen-bond donors (Lipinski definition) is 1. The number of carbonyl (C=O) groups is 1. The van der Waals surface area contributed by atoms with Gasteiger partial charge in [-0.25, -0.2) is 4.98 Å². The Hall–Kier alpha value is -2.66. The molecule has 0 saturated heterocycles. The first-order chi connectivity index (χ1) is 11.6. The van der Waals surface area contributed by atoms with Gasteiger partial charge in [0, 0.05) is 10.4 Å². The molecule has 2 aromatic carbocycles. The number of aryl methyl sites for hydroxylation is 2. The maximum Gasteiger partial charge on any atom is 0.264 e. The third kappa shape index (κ3) is 4.00. The van der Waals surface area contributed by atoms with E-state index in [1.807, 2.05) is 68.4 Å². The van der Waals surface area contributed by atoms with Gasteiger partial charge in [0.25, 0.3) is 5.91 Å². The Morgan fingerprint density at radius 2 is 1.92 bits per heavy atom. The normalized spacial score (nSPS) is 10.4. The van der Waals surface area contributed by atoms with Crippen molar-refractivity contribution in [1.82, 2.24) is 4.98 Å². The van der Waals surface area contributed by atoms with Gasteiger partial charge < -0.3 is 4.74 Å². The van der Waals surface area contributed by atoms with E-state index in [-0.39, 0.29) is 12.5 Å². The molecule has 0 atom stereocenters. The van der Waals surface area contributed by atoms with Crippen LogP contribution in [0.5, 0.6) is 5.75 Å². The average molecular weight is 338 g/mol. The van der Waals surface area contributed by atoms with Crippen molar-refractivity contribution in [2.24, 2.45) is 0 Å². The van der Waals surface area contributed by atoms with Gasteiger partial charge in [0.05, 0.1) is 5.69 Å². The van der Waals surface area contributed by atoms with Gasteiger partial charge in [0.15, 0.2) is 11.7 Å². The van der Waals surface area contributed by atoms with E-state index in [9.17, 15) is 4.79 Å². The minimum Gasteiger partial charge on any atom is -0.484 e. The highest BCUT2D eigenvalue weighted by molar-refractivity contribution is 7.16. The third-order valence-electron chi connectivity index (χ3n) is 3.45. The fourth-order valence-electron chi connectivity index (χ4n) is 2.32. The Bertz CT molecular complexity index is 844. The number of aromatic nitrogens is 1. The van der Waals surface area contributed by atoms with Crippen LogP contribution in [0.2, 0.25) is 0 Å². The fourth-order valence-corrected chi connectivity index (χ4v) is 3.18. The summed E-state index contributed by atoms with van der Waals surface area (Å²) in [6.07, 6.45) is 0. The molecule has 0 aliphatic carbocycles. The molecule has 3 rings (SSSR count). The summed E-state index contributed by atoms with van der Waals surface area (Å²) in [7, 11) is 0. The van der Waals surface area contributed by atoms with Gasteiger partial charge in [-0.2, -0.15) is 0 Å². The minimum absolute atomic E-state index is 0.0389. The lowest BCUT2D eigenvalue weighted by Crippen LogP contribution is -2.20. The van der Waals surface area contributed by atoms with Gasteiger partial charge in [0.2, 0.25) is 0 Å². The summed E-state index contributed by atoms with van der Waals surface area (Å²) in [6, 6.07) is 17.6. The predicted molar refractivity (Wildman–Crippen MR) is 97.6 cm³/mol. The van der Waals surface area contributed by atoms with Crippen molar-refractivity contribution in [1.29, 1.82) is 0 Å². The number of hydrogen-bond acceptors (Lipinski definition) is 4. The number of nitrogens with one attached hydrogen (secondary N) is 1. The third-order valence-corrected chi connectivity index (χ3v) is 4.34. The molecule has 0 aliphatic rings. The summed E-state index contributed by atoms with van der Waals surface area (Å²) in [4.78, 5) is 17.6. The molecule has 5 heteroatoms. The number of rotatable bonds is 5. The monoisotopic (exact) mass is 338 g/mol. The van der Waals surface area contributed by atoms with Crippen molar-refractivity contribution in [3.05, 3.63) is 65.0 Å². The lowest BCUT2D eigenvalue weighted by atomic mass is 10.1. The maximum absolute atomic E-state index is 12.1. The van der Waals surface area contributed by atoms with Crippen LogP contribution in [0.4, 0.5) is 5.13 Å². The van der Waals surface area contributed by atoms with Crippen LogP contribution in [0, 0.1) is 13.8 Å². The molecule has 1 aromatic heterocycles. The molecule has 0 aliphatic heterocycles. The number of benzene rings is 2. The zero-order chi connectivity index (χ0) is 16.9. The summed E-state index contributed by atoms with van der Waals surface area (Å²) in [6.45, 7) is 3.94. The highest BCUT2D eigenvalue weighted by Gasteiger charge is 2.12. The van der Waals surface area contributed by atoms with Crippen LogP contribution in [0.1, 0.15) is 10.4 Å². The average Bonchev–Trinajstić information content (AvgIpc) is 2.94. The van der Waals surface area contributed by atoms with Crippen LogP contribution in [0.15, 0.2) is 54.6 Å². The Kier molecular flexibility index (Phi) is 4.91. The molecule has 1 amide bonds. The van der Waals surface area contributed by atoms with E-state index in [2.05, 4.69) is 10.3 Å². The Labute approximate surface area is 145 Å². The van der Waals surface area contributed by atoms with Crippen LogP contribution < -0.4 is 10.1 Å². The SMILES string of the molecule is Cc1cccc(OCC(=O)Nc2nc(-c3ccccc3)c(C)s2)c1. The van der Waals surface area contributed by atoms with Crippen LogP contribution in [0.25, 0.3) is 11.3 Å². The van der Waals surface area contributed by atoms with Crippen LogP contribution in [-0.2, 0) is 4.79 Å². The summed E-state index contributed by atoms with van der Waals surface area (Å²) in [5, 5.41) is 3.39. The van der Waals surface area contributed by atoms with E-state index in [1.165, 1.54) is 11.3 Å². The highest BCUT2D eigenvalue weighted by atomic mass is 32.1. The molecule has 1 heterocycles. The van der Waals surface area contributed by atoms with Gasteiger partial charge in [-0.05, 0) is 31.5 Å². The molecular formula is C19H18N2O2S. The number of ether oxygens (including phenoxy) is 1. The second-order valence-electron chi connectivity index (χ2n) is 5.44. The lowest BCUT2D eigenvalue weighted by molar-refractivity contribution is -0.118. The van der Waals surface area contributed by atoms with Crippen molar-refractivity contribution < 1.29 is 9.53 Å². The number of thiazole rings is 1. The van der Waals surface area contributed by atoms with E-state index in [1.54, 1.807) is 0 Å². The predicted octanol–water partition coefficient (Wildman–Crippen LogP) is 4.44. The summed E-state index contributed by atoms with van der Waals surface area (Å²) < 4.78 is 5.51. The van der Waals surface area contributed by atoms with Crippen LogP contribution in [0.3, 0.4) is 0 Å². The van der Waals surface area contributed by atoms with Crippen LogP contribution in [-0.4, -0.2) is 17.5 Å². The maximum atomic E-state index is 12.1. The van der Waals surface area contributed by atoms with E-state index >= 15 is 0 Å². The first kappa shape index (κ1) is 16.2. The smallest absolute Gasteiger partial charge is 0.264 e. The second kappa shape index (κ2) is 7.27. The largest absolute Gasteiger partial charge is 0.484 e. The molecule has 4 nitrogen and oxygen atoms in total. The molecule has 0 unspecified atom stereocenters. The Balaban J connectivity index is 1.63. The number of amides is 1. The quantitative estimate of drug-likeness (QED) is 0.748. The first-order valence-electron chi connectivity index (χ1n) is 7.64. The molecular weight excluding hydrogens is 320 g/mol. The molecule has 0 saturated carbocycles. The zero-order valence-electron chi connectivity index (χ0n) is 13.6. The van der Waals surface area contributed by atoms with E-state index < -0.39 is 0 Å². The Morgan fingerprint density at radius 1 is 1.12 bits per heavy atom. The number of carbonyl (C=O) groups excluding carboxylic acids is 1. The van der Waals surface area contributed by atoms with E-state index in [0.717, 1.165) is 21.7 Å². The Morgan fingerprint density at radius 3 is 2.67 bits per heavy atom. The molecule has 0 fully saturated rings. The molecule has 122 valence electrons. The summed E-state index contributed by atoms with van der Waals surface area (Å²) in [5.74, 6) is 0.468. The van der Waals surface area contributed by atoms with E-state index in [4.69, 9.17) is 4.74 Å². The van der Waals surface area contributed by atoms with Gasteiger partial charge in [-0.1, -0.05) is 42.5 Å². The van der Waals surface area contributed by atoms with Crippen molar-refractivity contribution in [3.63, 3.8) is 0 Å². The van der Waals surface area contributed by atoms with Gasteiger partial charge >= 0.3 is 0 Å². The number of anilines is 1.